The third-order valence-electron chi connectivity index (χ3n) is 3.00. The van der Waals surface area contributed by atoms with Gasteiger partial charge in [0.15, 0.2) is 6.10 Å². The SMILES string of the molecule is CCCCOC(=O)[C@@H](C)OC(=O)c1ccc(C)c([N+](=O)[O-])c1. The number of unbranched alkanes of at least 4 members (excludes halogenated alkanes) is 1. The first-order valence-corrected chi connectivity index (χ1v) is 6.99. The summed E-state index contributed by atoms with van der Waals surface area (Å²) in [6.07, 6.45) is 0.551. The summed E-state index contributed by atoms with van der Waals surface area (Å²) in [7, 11) is 0. The Hall–Kier alpha value is -2.44. The highest BCUT2D eigenvalue weighted by Gasteiger charge is 2.22. The third kappa shape index (κ3) is 4.83. The highest BCUT2D eigenvalue weighted by molar-refractivity contribution is 5.92. The Morgan fingerprint density at radius 2 is 2.05 bits per heavy atom. The topological polar surface area (TPSA) is 95.7 Å². The van der Waals surface area contributed by atoms with Crippen LogP contribution in [0.5, 0.6) is 0 Å². The van der Waals surface area contributed by atoms with Gasteiger partial charge in [-0.1, -0.05) is 19.4 Å². The van der Waals surface area contributed by atoms with E-state index in [1.807, 2.05) is 6.92 Å². The zero-order valence-corrected chi connectivity index (χ0v) is 12.8. The first-order chi connectivity index (χ1) is 10.4. The molecule has 7 nitrogen and oxygen atoms in total. The van der Waals surface area contributed by atoms with Crippen LogP contribution in [0.2, 0.25) is 0 Å². The van der Waals surface area contributed by atoms with Crippen LogP contribution in [0.15, 0.2) is 18.2 Å². The van der Waals surface area contributed by atoms with Gasteiger partial charge in [0.2, 0.25) is 0 Å². The molecular weight excluding hydrogens is 290 g/mol. The fourth-order valence-electron chi connectivity index (χ4n) is 1.64. The van der Waals surface area contributed by atoms with Crippen LogP contribution in [-0.2, 0) is 14.3 Å². The van der Waals surface area contributed by atoms with Crippen LogP contribution >= 0.6 is 0 Å². The van der Waals surface area contributed by atoms with Crippen molar-refractivity contribution in [3.63, 3.8) is 0 Å². The van der Waals surface area contributed by atoms with Gasteiger partial charge in [0.25, 0.3) is 5.69 Å². The number of ether oxygens (including phenoxy) is 2. The second-order valence-corrected chi connectivity index (χ2v) is 4.83. The Morgan fingerprint density at radius 3 is 2.64 bits per heavy atom. The maximum Gasteiger partial charge on any atom is 0.347 e. The molecule has 0 radical (unpaired) electrons. The minimum absolute atomic E-state index is 0.0190. The quantitative estimate of drug-likeness (QED) is 0.332. The van der Waals surface area contributed by atoms with Gasteiger partial charge in [0.05, 0.1) is 17.1 Å². The summed E-state index contributed by atoms with van der Waals surface area (Å²) >= 11 is 0. The van der Waals surface area contributed by atoms with E-state index >= 15 is 0 Å². The van der Waals surface area contributed by atoms with Gasteiger partial charge in [-0.25, -0.2) is 9.59 Å². The van der Waals surface area contributed by atoms with E-state index in [9.17, 15) is 19.7 Å². The van der Waals surface area contributed by atoms with Crippen LogP contribution in [0.25, 0.3) is 0 Å². The molecule has 0 saturated heterocycles. The van der Waals surface area contributed by atoms with Gasteiger partial charge in [-0.3, -0.25) is 10.1 Å². The number of nitro benzene ring substituents is 1. The number of hydrogen-bond donors (Lipinski definition) is 0. The zero-order valence-electron chi connectivity index (χ0n) is 12.8. The minimum atomic E-state index is -1.07. The number of aryl methyl sites for hydroxylation is 1. The monoisotopic (exact) mass is 309 g/mol. The van der Waals surface area contributed by atoms with E-state index in [0.29, 0.717) is 5.56 Å². The van der Waals surface area contributed by atoms with Gasteiger partial charge in [0.1, 0.15) is 0 Å². The molecule has 0 fully saturated rings. The number of benzene rings is 1. The lowest BCUT2D eigenvalue weighted by atomic mass is 10.1. The highest BCUT2D eigenvalue weighted by atomic mass is 16.6. The molecule has 1 aromatic carbocycles. The molecule has 0 N–H and O–H groups in total. The minimum Gasteiger partial charge on any atom is -0.463 e. The fraction of sp³-hybridized carbons (Fsp3) is 0.467. The molecule has 0 unspecified atom stereocenters. The van der Waals surface area contributed by atoms with E-state index in [1.165, 1.54) is 19.1 Å². The molecule has 1 atom stereocenters. The number of hydrogen-bond acceptors (Lipinski definition) is 6. The molecule has 0 spiro atoms. The summed E-state index contributed by atoms with van der Waals surface area (Å²) in [4.78, 5) is 33.8. The van der Waals surface area contributed by atoms with Crippen LogP contribution in [0.3, 0.4) is 0 Å². The van der Waals surface area contributed by atoms with Crippen LogP contribution in [0.1, 0.15) is 42.6 Å². The van der Waals surface area contributed by atoms with Crippen molar-refractivity contribution in [3.05, 3.63) is 39.4 Å². The molecule has 0 amide bonds. The molecule has 0 bridgehead atoms. The first-order valence-electron chi connectivity index (χ1n) is 6.99. The van der Waals surface area contributed by atoms with Crippen LogP contribution < -0.4 is 0 Å². The van der Waals surface area contributed by atoms with Gasteiger partial charge in [0, 0.05) is 11.6 Å². The summed E-state index contributed by atoms with van der Waals surface area (Å²) in [5, 5.41) is 10.9. The Balaban J connectivity index is 2.70. The van der Waals surface area contributed by atoms with E-state index in [-0.39, 0.29) is 17.9 Å². The number of nitro groups is 1. The van der Waals surface area contributed by atoms with Crippen molar-refractivity contribution in [2.24, 2.45) is 0 Å². The standard InChI is InChI=1S/C15H19NO6/c1-4-5-8-21-14(17)11(3)22-15(18)12-7-6-10(2)13(9-12)16(19)20/h6-7,9,11H,4-5,8H2,1-3H3/t11-/m1/s1. The highest BCUT2D eigenvalue weighted by Crippen LogP contribution is 2.20. The fourth-order valence-corrected chi connectivity index (χ4v) is 1.64. The summed E-state index contributed by atoms with van der Waals surface area (Å²) in [5.41, 5.74) is 0.284. The molecule has 0 aliphatic rings. The van der Waals surface area contributed by atoms with Gasteiger partial charge < -0.3 is 9.47 Å². The molecule has 0 heterocycles. The van der Waals surface area contributed by atoms with Crippen molar-refractivity contribution in [3.8, 4) is 0 Å². The molecule has 0 aromatic heterocycles. The number of carbonyl (C=O) groups is 2. The molecule has 0 saturated carbocycles. The lowest BCUT2D eigenvalue weighted by Crippen LogP contribution is -2.26. The second kappa shape index (κ2) is 8.11. The molecular formula is C15H19NO6. The van der Waals surface area contributed by atoms with Crippen molar-refractivity contribution in [2.75, 3.05) is 6.61 Å². The number of nitrogens with zero attached hydrogens (tertiary/aromatic N) is 1. The third-order valence-corrected chi connectivity index (χ3v) is 3.00. The average Bonchev–Trinajstić information content (AvgIpc) is 2.47. The van der Waals surface area contributed by atoms with Crippen molar-refractivity contribution in [1.29, 1.82) is 0 Å². The number of rotatable bonds is 7. The summed E-state index contributed by atoms with van der Waals surface area (Å²) in [6, 6.07) is 4.01. The van der Waals surface area contributed by atoms with E-state index < -0.39 is 23.0 Å². The average molecular weight is 309 g/mol. The number of carbonyl (C=O) groups excluding carboxylic acids is 2. The second-order valence-electron chi connectivity index (χ2n) is 4.83. The maximum absolute atomic E-state index is 11.9. The normalized spacial score (nSPS) is 11.6. The predicted molar refractivity (Wildman–Crippen MR) is 78.6 cm³/mol. The van der Waals surface area contributed by atoms with E-state index in [2.05, 4.69) is 0 Å². The lowest BCUT2D eigenvalue weighted by Gasteiger charge is -2.12. The van der Waals surface area contributed by atoms with Crippen molar-refractivity contribution in [2.45, 2.75) is 39.7 Å². The van der Waals surface area contributed by atoms with E-state index in [0.717, 1.165) is 18.9 Å². The van der Waals surface area contributed by atoms with E-state index in [1.54, 1.807) is 6.92 Å². The van der Waals surface area contributed by atoms with E-state index in [4.69, 9.17) is 9.47 Å². The maximum atomic E-state index is 11.9. The Kier molecular flexibility index (Phi) is 6.49. The number of esters is 2. The Labute approximate surface area is 128 Å². The van der Waals surface area contributed by atoms with Crippen LogP contribution in [-0.4, -0.2) is 29.6 Å². The molecule has 22 heavy (non-hydrogen) atoms. The lowest BCUT2D eigenvalue weighted by molar-refractivity contribution is -0.385. The molecule has 1 rings (SSSR count). The van der Waals surface area contributed by atoms with Crippen LogP contribution in [0.4, 0.5) is 5.69 Å². The van der Waals surface area contributed by atoms with Gasteiger partial charge in [-0.15, -0.1) is 0 Å². The summed E-state index contributed by atoms with van der Waals surface area (Å²) < 4.78 is 9.91. The van der Waals surface area contributed by atoms with Crippen molar-refractivity contribution < 1.29 is 24.0 Å². The molecule has 120 valence electrons. The van der Waals surface area contributed by atoms with Gasteiger partial charge in [-0.05, 0) is 26.3 Å². The van der Waals surface area contributed by atoms with Gasteiger partial charge >= 0.3 is 11.9 Å². The summed E-state index contributed by atoms with van der Waals surface area (Å²) in [5.74, 6) is -1.44. The smallest absolute Gasteiger partial charge is 0.347 e. The summed E-state index contributed by atoms with van der Waals surface area (Å²) in [6.45, 7) is 5.20. The molecule has 0 aliphatic heterocycles. The molecule has 7 heteroatoms. The first kappa shape index (κ1) is 17.6. The largest absolute Gasteiger partial charge is 0.463 e. The Morgan fingerprint density at radius 1 is 1.36 bits per heavy atom. The van der Waals surface area contributed by atoms with Crippen molar-refractivity contribution >= 4 is 17.6 Å². The van der Waals surface area contributed by atoms with Crippen LogP contribution in [0, 0.1) is 17.0 Å². The Bertz CT molecular complexity index is 569. The molecule has 0 aliphatic carbocycles. The zero-order chi connectivity index (χ0) is 16.7. The van der Waals surface area contributed by atoms with Gasteiger partial charge in [-0.2, -0.15) is 0 Å². The predicted octanol–water partition coefficient (Wildman–Crippen LogP) is 2.79. The van der Waals surface area contributed by atoms with Crippen molar-refractivity contribution in [1.82, 2.24) is 0 Å². The molecule has 1 aromatic rings.